The minimum atomic E-state index is -1.90. The molecule has 2 aromatic rings. The van der Waals surface area contributed by atoms with Crippen LogP contribution in [0.3, 0.4) is 0 Å². The smallest absolute Gasteiger partial charge is 0.410 e. The average molecular weight is 1090 g/mol. The van der Waals surface area contributed by atoms with Crippen LogP contribution in [0.5, 0.6) is 0 Å². The number of aliphatic hydroxyl groups excluding tert-OH is 2. The van der Waals surface area contributed by atoms with E-state index in [9.17, 15) is 59.5 Å². The number of alkyl carbamates (subject to hydrolysis) is 4. The van der Waals surface area contributed by atoms with E-state index in [0.717, 1.165) is 4.90 Å². The number of carbonyl (C=O) groups excluding carboxylic acids is 5. The Kier molecular flexibility index (Phi) is 19.7. The maximum atomic E-state index is 13.8. The lowest BCUT2D eigenvalue weighted by Gasteiger charge is -2.52. The minimum Gasteiger partial charge on any atom is -0.491 e. The van der Waals surface area contributed by atoms with Gasteiger partial charge in [-0.15, -0.1) is 0 Å². The summed E-state index contributed by atoms with van der Waals surface area (Å²) in [5.74, 6) is -1.30. The van der Waals surface area contributed by atoms with Crippen LogP contribution in [0.15, 0.2) is 60.4 Å². The monoisotopic (exact) mass is 1090 g/mol. The molecule has 2 heterocycles. The fourth-order valence-electron chi connectivity index (χ4n) is 8.82. The van der Waals surface area contributed by atoms with Crippen molar-refractivity contribution in [1.29, 1.82) is 0 Å². The molecule has 0 aromatic heterocycles. The number of nitrogens with one attached hydrogen (secondary N) is 4. The van der Waals surface area contributed by atoms with Gasteiger partial charge in [-0.1, -0.05) is 0 Å². The Hall–Kier alpha value is -7.07. The van der Waals surface area contributed by atoms with Crippen molar-refractivity contribution in [1.82, 2.24) is 26.2 Å². The number of likely N-dealkylation sites (N-methyl/N-ethyl adjacent to an activating group) is 1. The predicted molar refractivity (Wildman–Crippen MR) is 269 cm³/mol. The molecule has 1 saturated heterocycles. The van der Waals surface area contributed by atoms with Gasteiger partial charge in [-0.05, 0) is 124 Å². The topological polar surface area (TPSA) is 358 Å². The summed E-state index contributed by atoms with van der Waals surface area (Å²) in [7, 11) is 1.30. The van der Waals surface area contributed by atoms with Gasteiger partial charge in [0.25, 0.3) is 11.4 Å². The van der Waals surface area contributed by atoms with Gasteiger partial charge < -0.3 is 79.4 Å². The number of nitro benzene ring substituents is 2. The summed E-state index contributed by atoms with van der Waals surface area (Å²) in [6.45, 7) is 14.4. The van der Waals surface area contributed by atoms with E-state index in [4.69, 9.17) is 37.9 Å². The van der Waals surface area contributed by atoms with Gasteiger partial charge in [0.2, 0.25) is 0 Å². The van der Waals surface area contributed by atoms with Crippen molar-refractivity contribution in [3.05, 3.63) is 91.7 Å². The van der Waals surface area contributed by atoms with Crippen LogP contribution < -0.4 is 21.3 Å². The maximum Gasteiger partial charge on any atom is 0.410 e. The average Bonchev–Trinajstić information content (AvgIpc) is 3.30. The molecule has 3 aliphatic rings. The zero-order chi connectivity index (χ0) is 57.4. The van der Waals surface area contributed by atoms with Crippen molar-refractivity contribution in [2.24, 2.45) is 5.92 Å². The number of amides is 5. The van der Waals surface area contributed by atoms with Crippen LogP contribution in [0.1, 0.15) is 93.2 Å². The lowest BCUT2D eigenvalue weighted by atomic mass is 9.72. The number of hydrogen-bond acceptors (Lipinski definition) is 20. The molecule has 2 aliphatic heterocycles. The molecule has 5 rings (SSSR count). The lowest BCUT2D eigenvalue weighted by Crippen LogP contribution is -2.71. The van der Waals surface area contributed by atoms with Crippen molar-refractivity contribution in [3.63, 3.8) is 0 Å². The molecule has 1 unspecified atom stereocenters. The second-order valence-electron chi connectivity index (χ2n) is 22.1. The summed E-state index contributed by atoms with van der Waals surface area (Å²) in [5, 5.41) is 69.5. The van der Waals surface area contributed by atoms with Gasteiger partial charge >= 0.3 is 30.5 Å². The molecule has 0 radical (unpaired) electrons. The Morgan fingerprint density at radius 1 is 0.714 bits per heavy atom. The van der Waals surface area contributed by atoms with Crippen LogP contribution in [-0.2, 0) is 51.1 Å². The van der Waals surface area contributed by atoms with Crippen LogP contribution in [0.25, 0.3) is 0 Å². The van der Waals surface area contributed by atoms with E-state index < -0.39 is 130 Å². The highest BCUT2D eigenvalue weighted by Gasteiger charge is 2.57. The summed E-state index contributed by atoms with van der Waals surface area (Å²) in [6.07, 6.45) is -12.1. The van der Waals surface area contributed by atoms with Gasteiger partial charge in [0.05, 0.1) is 47.2 Å². The van der Waals surface area contributed by atoms with Gasteiger partial charge in [0.1, 0.15) is 59.7 Å². The summed E-state index contributed by atoms with van der Waals surface area (Å²) >= 11 is 0. The summed E-state index contributed by atoms with van der Waals surface area (Å²) < 4.78 is 46.5. The molecule has 5 amide bonds. The molecule has 7 N–H and O–H groups in total. The highest BCUT2D eigenvalue weighted by Crippen LogP contribution is 2.39. The van der Waals surface area contributed by atoms with Crippen molar-refractivity contribution in [2.45, 2.75) is 173 Å². The number of aliphatic hydroxyl groups is 3. The summed E-state index contributed by atoms with van der Waals surface area (Å²) in [5.41, 5.74) is -4.45. The number of hydrogen-bond donors (Lipinski definition) is 7. The SMILES string of the molecule is CN(C(=O)OC(C)(C)C)[C@@H]1[C@@H](O)[C@@H](O[C@H]2[C@H](NC(=O)OC(C)(C)C)C[C@H](NC(=O)OC(C)(C)C)C([C@H]3OC(CNC(=O)OCc4ccc([N+](=O)[O-])cc4)=CC[C@H]3NC(=O)OCc3ccc([N+](=O)[O-])cc3)[C@@H]2O)OC[C@]1(C)O. The van der Waals surface area contributed by atoms with E-state index in [0.29, 0.717) is 11.1 Å². The number of benzene rings is 2. The number of carbonyl (C=O) groups is 5. The molecule has 77 heavy (non-hydrogen) atoms. The molecule has 1 aliphatic carbocycles. The van der Waals surface area contributed by atoms with Crippen molar-refractivity contribution >= 4 is 41.8 Å². The molecular formula is C50H71N7O20. The normalized spacial score (nSPS) is 26.5. The predicted octanol–water partition coefficient (Wildman–Crippen LogP) is 4.95. The van der Waals surface area contributed by atoms with Gasteiger partial charge in [0, 0.05) is 43.3 Å². The number of nitrogens with zero attached hydrogens (tertiary/aromatic N) is 3. The van der Waals surface area contributed by atoms with Crippen LogP contribution in [-0.4, -0.2) is 158 Å². The van der Waals surface area contributed by atoms with Crippen LogP contribution in [0, 0.1) is 26.1 Å². The number of non-ortho nitro benzene ring substituents is 2. The van der Waals surface area contributed by atoms with Gasteiger partial charge in [-0.3, -0.25) is 20.2 Å². The largest absolute Gasteiger partial charge is 0.491 e. The Morgan fingerprint density at radius 2 is 1.19 bits per heavy atom. The van der Waals surface area contributed by atoms with Crippen LogP contribution in [0.2, 0.25) is 0 Å². The molecule has 426 valence electrons. The molecule has 0 bridgehead atoms. The Labute approximate surface area is 444 Å². The second kappa shape index (κ2) is 24.9. The van der Waals surface area contributed by atoms with Gasteiger partial charge in [0.15, 0.2) is 6.29 Å². The molecular weight excluding hydrogens is 1020 g/mol. The van der Waals surface area contributed by atoms with Crippen molar-refractivity contribution < 1.29 is 87.0 Å². The first-order valence-corrected chi connectivity index (χ1v) is 24.7. The summed E-state index contributed by atoms with van der Waals surface area (Å²) in [6, 6.07) is 5.48. The van der Waals surface area contributed by atoms with Crippen molar-refractivity contribution in [2.75, 3.05) is 20.2 Å². The third-order valence-corrected chi connectivity index (χ3v) is 12.1. The highest BCUT2D eigenvalue weighted by atomic mass is 16.7. The lowest BCUT2D eigenvalue weighted by molar-refractivity contribution is -0.385. The first-order valence-electron chi connectivity index (χ1n) is 24.7. The molecule has 2 aromatic carbocycles. The molecule has 1 saturated carbocycles. The van der Waals surface area contributed by atoms with E-state index in [1.165, 1.54) is 68.6 Å². The van der Waals surface area contributed by atoms with Crippen LogP contribution in [0.4, 0.5) is 35.3 Å². The number of nitro groups is 2. The van der Waals surface area contributed by atoms with Crippen molar-refractivity contribution in [3.8, 4) is 0 Å². The third kappa shape index (κ3) is 17.7. The second-order valence-corrected chi connectivity index (χ2v) is 22.1. The van der Waals surface area contributed by atoms with E-state index in [1.54, 1.807) is 62.3 Å². The Morgan fingerprint density at radius 3 is 1.69 bits per heavy atom. The fraction of sp³-hybridized carbons (Fsp3) is 0.620. The van der Waals surface area contributed by atoms with E-state index >= 15 is 0 Å². The molecule has 0 spiro atoms. The fourth-order valence-corrected chi connectivity index (χ4v) is 8.82. The highest BCUT2D eigenvalue weighted by molar-refractivity contribution is 5.70. The minimum absolute atomic E-state index is 0.0716. The zero-order valence-electron chi connectivity index (χ0n) is 44.8. The van der Waals surface area contributed by atoms with E-state index in [-0.39, 0.29) is 49.7 Å². The molecule has 2 fully saturated rings. The molecule has 11 atom stereocenters. The Bertz CT molecular complexity index is 2450. The van der Waals surface area contributed by atoms with Gasteiger partial charge in [-0.25, -0.2) is 24.0 Å². The van der Waals surface area contributed by atoms with Gasteiger partial charge in [-0.2, -0.15) is 0 Å². The number of rotatable bonds is 15. The number of ether oxygens (including phenoxy) is 8. The van der Waals surface area contributed by atoms with E-state index in [1.807, 2.05) is 0 Å². The zero-order valence-corrected chi connectivity index (χ0v) is 44.8. The van der Waals surface area contributed by atoms with E-state index in [2.05, 4.69) is 21.3 Å². The Balaban J connectivity index is 1.53. The van der Waals surface area contributed by atoms with Crippen LogP contribution >= 0.6 is 0 Å². The quantitative estimate of drug-likeness (QED) is 0.0704. The molecule has 27 heteroatoms. The first kappa shape index (κ1) is 60.8. The standard InChI is InChI=1S/C50H71N7O20/c1-47(2,3)75-44(62)53-33-22-34(54-45(63)76-48(4,5)6)39(74-41-37(59)40(50(10,65)26-72-41)55(11)46(64)77-49(7,8)9)36(58)35(33)38-32(52-43(61)71-25-28-14-18-30(19-15-28)57(68)69)21-20-31(73-38)23-51-42(60)70-24-27-12-16-29(17-13-27)56(66)67/h12-20,32-41,58-59,65H,21-26H2,1-11H3,(H,51,60)(H,52,61)(H,53,62)(H,54,63)/t32-,33+,34-,35?,36+,37-,38+,39+,40-,41-,50+/m1/s1. The maximum absolute atomic E-state index is 13.8. The summed E-state index contributed by atoms with van der Waals surface area (Å²) in [4.78, 5) is 89.6. The molecule has 27 nitrogen and oxygen atoms in total. The first-order chi connectivity index (χ1) is 35.7. The third-order valence-electron chi connectivity index (χ3n) is 12.1.